The molecule has 2 rings (SSSR count). The van der Waals surface area contributed by atoms with E-state index >= 15 is 0 Å². The van der Waals surface area contributed by atoms with Crippen molar-refractivity contribution in [3.63, 3.8) is 0 Å². The van der Waals surface area contributed by atoms with Gasteiger partial charge in [-0.2, -0.15) is 0 Å². The number of aromatic nitrogens is 2. The lowest BCUT2D eigenvalue weighted by Gasteiger charge is -2.09. The highest BCUT2D eigenvalue weighted by atomic mass is 32.2. The van der Waals surface area contributed by atoms with E-state index in [1.165, 1.54) is 0 Å². The summed E-state index contributed by atoms with van der Waals surface area (Å²) in [6.45, 7) is 8.83. The molecule has 0 spiro atoms. The Morgan fingerprint density at radius 2 is 2.11 bits per heavy atom. The van der Waals surface area contributed by atoms with Gasteiger partial charge in [-0.1, -0.05) is 36.0 Å². The lowest BCUT2D eigenvalue weighted by Crippen LogP contribution is -2.02. The summed E-state index contributed by atoms with van der Waals surface area (Å²) < 4.78 is 0. The number of hydrogen-bond donors (Lipinski definition) is 1. The summed E-state index contributed by atoms with van der Waals surface area (Å²) in [7, 11) is 0. The molecule has 0 saturated carbocycles. The Morgan fingerprint density at radius 3 is 2.83 bits per heavy atom. The van der Waals surface area contributed by atoms with Crippen molar-refractivity contribution in [2.45, 2.75) is 19.0 Å². The molecule has 1 aromatic heterocycles. The fraction of sp³-hybridized carbons (Fsp3) is 0.286. The van der Waals surface area contributed by atoms with Crippen molar-refractivity contribution in [1.29, 1.82) is 0 Å². The topological polar surface area (TPSA) is 37.8 Å². The Hall–Kier alpha value is -1.55. The van der Waals surface area contributed by atoms with Crippen molar-refractivity contribution < 1.29 is 0 Å². The molecule has 0 atom stereocenters. The van der Waals surface area contributed by atoms with Crippen molar-refractivity contribution in [2.75, 3.05) is 17.6 Å². The van der Waals surface area contributed by atoms with Crippen LogP contribution < -0.4 is 5.32 Å². The maximum Gasteiger partial charge on any atom is 0.190 e. The molecule has 94 valence electrons. The summed E-state index contributed by atoms with van der Waals surface area (Å²) in [6, 6.07) is 8.06. The molecule has 1 heterocycles. The number of fused-ring (bicyclic) bond motifs is 1. The minimum absolute atomic E-state index is 0.799. The van der Waals surface area contributed by atoms with Gasteiger partial charge < -0.3 is 5.32 Å². The minimum Gasteiger partial charge on any atom is -0.370 e. The molecular formula is C14H17N3S. The highest BCUT2D eigenvalue weighted by Gasteiger charge is 2.06. The van der Waals surface area contributed by atoms with Gasteiger partial charge in [-0.05, 0) is 26.0 Å². The smallest absolute Gasteiger partial charge is 0.190 e. The van der Waals surface area contributed by atoms with Crippen molar-refractivity contribution in [3.05, 3.63) is 36.4 Å². The van der Waals surface area contributed by atoms with Crippen molar-refractivity contribution in [2.24, 2.45) is 0 Å². The van der Waals surface area contributed by atoms with Crippen LogP contribution in [0.25, 0.3) is 10.9 Å². The first-order valence-corrected chi connectivity index (χ1v) is 6.97. The highest BCUT2D eigenvalue weighted by Crippen LogP contribution is 2.24. The molecule has 0 radical (unpaired) electrons. The van der Waals surface area contributed by atoms with Crippen LogP contribution in [0, 0.1) is 0 Å². The average molecular weight is 259 g/mol. The number of nitrogens with zero attached hydrogens (tertiary/aromatic N) is 2. The zero-order chi connectivity index (χ0) is 13.0. The Balaban J connectivity index is 2.40. The predicted octanol–water partition coefficient (Wildman–Crippen LogP) is 3.73. The number of hydrogen-bond acceptors (Lipinski definition) is 4. The predicted molar refractivity (Wildman–Crippen MR) is 79.2 cm³/mol. The van der Waals surface area contributed by atoms with Gasteiger partial charge in [0.25, 0.3) is 0 Å². The standard InChI is InChI=1S/C14H17N3S/c1-4-15-13-11-7-5-6-8-12(11)16-14(17-13)18-9-10(2)3/h5-8H,2,4,9H2,1,3H3,(H,15,16,17). The molecule has 1 aromatic carbocycles. The molecule has 0 aliphatic rings. The number of benzene rings is 1. The van der Waals surface area contributed by atoms with Crippen LogP contribution in [0.2, 0.25) is 0 Å². The third kappa shape index (κ3) is 3.01. The maximum absolute atomic E-state index is 4.56. The van der Waals surface area contributed by atoms with Crippen LogP contribution in [0.3, 0.4) is 0 Å². The van der Waals surface area contributed by atoms with E-state index in [9.17, 15) is 0 Å². The maximum atomic E-state index is 4.56. The van der Waals surface area contributed by atoms with Crippen LogP contribution in [0.15, 0.2) is 41.6 Å². The average Bonchev–Trinajstić information content (AvgIpc) is 2.37. The quantitative estimate of drug-likeness (QED) is 0.504. The van der Waals surface area contributed by atoms with Gasteiger partial charge in [-0.15, -0.1) is 0 Å². The molecule has 0 unspecified atom stereocenters. The summed E-state index contributed by atoms with van der Waals surface area (Å²) >= 11 is 1.62. The number of rotatable bonds is 5. The molecule has 0 aliphatic heterocycles. The summed E-state index contributed by atoms with van der Waals surface area (Å²) in [5.41, 5.74) is 2.11. The molecule has 0 amide bonds. The van der Waals surface area contributed by atoms with Crippen molar-refractivity contribution >= 4 is 28.5 Å². The Labute approximate surface area is 112 Å². The fourth-order valence-corrected chi connectivity index (χ4v) is 2.30. The second-order valence-electron chi connectivity index (χ2n) is 4.15. The molecule has 2 aromatic rings. The number of nitrogens with one attached hydrogen (secondary N) is 1. The van der Waals surface area contributed by atoms with E-state index in [0.29, 0.717) is 0 Å². The van der Waals surface area contributed by atoms with E-state index in [1.54, 1.807) is 11.8 Å². The van der Waals surface area contributed by atoms with Gasteiger partial charge >= 0.3 is 0 Å². The third-order valence-electron chi connectivity index (χ3n) is 2.37. The third-order valence-corrected chi connectivity index (χ3v) is 3.45. The second kappa shape index (κ2) is 5.87. The fourth-order valence-electron chi connectivity index (χ4n) is 1.61. The minimum atomic E-state index is 0.799. The van der Waals surface area contributed by atoms with Crippen LogP contribution in [0.4, 0.5) is 5.82 Å². The molecule has 18 heavy (non-hydrogen) atoms. The van der Waals surface area contributed by atoms with Gasteiger partial charge in [0.1, 0.15) is 5.82 Å². The molecule has 3 nitrogen and oxygen atoms in total. The van der Waals surface area contributed by atoms with Gasteiger partial charge in [0.2, 0.25) is 0 Å². The number of anilines is 1. The monoisotopic (exact) mass is 259 g/mol. The zero-order valence-electron chi connectivity index (χ0n) is 10.7. The Bertz CT molecular complexity index is 566. The normalized spacial score (nSPS) is 10.6. The first-order valence-electron chi connectivity index (χ1n) is 5.98. The highest BCUT2D eigenvalue weighted by molar-refractivity contribution is 7.99. The van der Waals surface area contributed by atoms with Crippen LogP contribution >= 0.6 is 11.8 Å². The van der Waals surface area contributed by atoms with Crippen LogP contribution in [-0.2, 0) is 0 Å². The molecular weight excluding hydrogens is 242 g/mol. The van der Waals surface area contributed by atoms with Crippen LogP contribution in [-0.4, -0.2) is 22.3 Å². The SMILES string of the molecule is C=C(C)CSc1nc(NCC)c2ccccc2n1. The number of thioether (sulfide) groups is 1. The Kier molecular flexibility index (Phi) is 4.20. The Morgan fingerprint density at radius 1 is 1.33 bits per heavy atom. The lowest BCUT2D eigenvalue weighted by molar-refractivity contribution is 0.993. The van der Waals surface area contributed by atoms with E-state index in [0.717, 1.165) is 39.7 Å². The van der Waals surface area contributed by atoms with Gasteiger partial charge in [-0.3, -0.25) is 0 Å². The van der Waals surface area contributed by atoms with Crippen LogP contribution in [0.5, 0.6) is 0 Å². The van der Waals surface area contributed by atoms with E-state index in [-0.39, 0.29) is 0 Å². The second-order valence-corrected chi connectivity index (χ2v) is 5.09. The molecule has 1 N–H and O–H groups in total. The van der Waals surface area contributed by atoms with E-state index < -0.39 is 0 Å². The first-order chi connectivity index (χ1) is 8.70. The number of para-hydroxylation sites is 1. The molecule has 4 heteroatoms. The van der Waals surface area contributed by atoms with E-state index in [2.05, 4.69) is 28.8 Å². The van der Waals surface area contributed by atoms with Crippen molar-refractivity contribution in [3.8, 4) is 0 Å². The molecule has 0 bridgehead atoms. The first kappa shape index (κ1) is 12.9. The summed E-state index contributed by atoms with van der Waals surface area (Å²) in [4.78, 5) is 9.12. The lowest BCUT2D eigenvalue weighted by atomic mass is 10.2. The largest absolute Gasteiger partial charge is 0.370 e. The van der Waals surface area contributed by atoms with E-state index in [4.69, 9.17) is 0 Å². The van der Waals surface area contributed by atoms with E-state index in [1.807, 2.05) is 31.2 Å². The summed E-state index contributed by atoms with van der Waals surface area (Å²) in [5.74, 6) is 1.76. The van der Waals surface area contributed by atoms with Gasteiger partial charge in [-0.25, -0.2) is 9.97 Å². The molecule has 0 saturated heterocycles. The molecule has 0 aliphatic carbocycles. The van der Waals surface area contributed by atoms with Crippen molar-refractivity contribution in [1.82, 2.24) is 9.97 Å². The van der Waals surface area contributed by atoms with Gasteiger partial charge in [0.05, 0.1) is 5.52 Å². The summed E-state index contributed by atoms with van der Waals surface area (Å²) in [5, 5.41) is 5.16. The van der Waals surface area contributed by atoms with Gasteiger partial charge in [0.15, 0.2) is 5.16 Å². The molecule has 0 fully saturated rings. The summed E-state index contributed by atoms with van der Waals surface area (Å²) in [6.07, 6.45) is 0. The van der Waals surface area contributed by atoms with Crippen LogP contribution in [0.1, 0.15) is 13.8 Å². The zero-order valence-corrected chi connectivity index (χ0v) is 11.5. The van der Waals surface area contributed by atoms with Gasteiger partial charge in [0, 0.05) is 17.7 Å².